The fourth-order valence-electron chi connectivity index (χ4n) is 1.47. The Hall–Kier alpha value is -1.17. The summed E-state index contributed by atoms with van der Waals surface area (Å²) in [5.74, 6) is -0.646. The predicted octanol–water partition coefficient (Wildman–Crippen LogP) is 0.0836. The smallest absolute Gasteiger partial charge is 0.229 e. The number of carbonyl (C=O) groups excluding carboxylic acids is 2. The zero-order valence-electron chi connectivity index (χ0n) is 9.99. The molecule has 96 valence electrons. The van der Waals surface area contributed by atoms with Crippen LogP contribution >= 0.6 is 12.2 Å². The van der Waals surface area contributed by atoms with Gasteiger partial charge in [0.05, 0.1) is 10.9 Å². The van der Waals surface area contributed by atoms with Crippen molar-refractivity contribution in [2.45, 2.75) is 38.6 Å². The highest BCUT2D eigenvalue weighted by Gasteiger charge is 2.23. The number of hydrogen-bond acceptors (Lipinski definition) is 3. The van der Waals surface area contributed by atoms with Crippen molar-refractivity contribution in [3.63, 3.8) is 0 Å². The Bertz CT molecular complexity index is 316. The average Bonchev–Trinajstić information content (AvgIpc) is 3.02. The maximum Gasteiger partial charge on any atom is 0.229 e. The molecule has 17 heavy (non-hydrogen) atoms. The molecule has 1 rings (SSSR count). The summed E-state index contributed by atoms with van der Waals surface area (Å²) in [7, 11) is 0. The van der Waals surface area contributed by atoms with Crippen LogP contribution in [0, 0.1) is 5.92 Å². The molecule has 0 aliphatic heterocycles. The van der Waals surface area contributed by atoms with Crippen molar-refractivity contribution in [1.82, 2.24) is 10.6 Å². The Morgan fingerprint density at radius 2 is 2.12 bits per heavy atom. The minimum Gasteiger partial charge on any atom is -0.393 e. The first-order chi connectivity index (χ1) is 8.04. The van der Waals surface area contributed by atoms with Crippen LogP contribution in [0.4, 0.5) is 0 Å². The van der Waals surface area contributed by atoms with Gasteiger partial charge in [0.1, 0.15) is 0 Å². The SMILES string of the molecule is CCC(C(=O)NCCC(=O)NC1CC1)C(N)=S. The van der Waals surface area contributed by atoms with Gasteiger partial charge in [-0.3, -0.25) is 9.59 Å². The number of carbonyl (C=O) groups is 2. The summed E-state index contributed by atoms with van der Waals surface area (Å²) in [4.78, 5) is 23.2. The van der Waals surface area contributed by atoms with E-state index in [1.807, 2.05) is 6.92 Å². The molecule has 1 fully saturated rings. The van der Waals surface area contributed by atoms with Gasteiger partial charge in [0.2, 0.25) is 11.8 Å². The van der Waals surface area contributed by atoms with Gasteiger partial charge in [-0.2, -0.15) is 0 Å². The number of hydrogen-bond donors (Lipinski definition) is 3. The predicted molar refractivity (Wildman–Crippen MR) is 69.4 cm³/mol. The largest absolute Gasteiger partial charge is 0.393 e. The van der Waals surface area contributed by atoms with Gasteiger partial charge in [0.15, 0.2) is 0 Å². The first kappa shape index (κ1) is 13.9. The lowest BCUT2D eigenvalue weighted by molar-refractivity contribution is -0.123. The van der Waals surface area contributed by atoms with Gasteiger partial charge in [-0.05, 0) is 19.3 Å². The lowest BCUT2D eigenvalue weighted by atomic mass is 10.1. The van der Waals surface area contributed by atoms with E-state index in [2.05, 4.69) is 10.6 Å². The molecule has 2 amide bonds. The van der Waals surface area contributed by atoms with Crippen molar-refractivity contribution in [3.8, 4) is 0 Å². The van der Waals surface area contributed by atoms with Crippen LogP contribution in [0.15, 0.2) is 0 Å². The zero-order valence-corrected chi connectivity index (χ0v) is 10.8. The molecule has 6 heteroatoms. The summed E-state index contributed by atoms with van der Waals surface area (Å²) in [6, 6.07) is 0.359. The average molecular weight is 257 g/mol. The Morgan fingerprint density at radius 3 is 2.59 bits per heavy atom. The summed E-state index contributed by atoms with van der Waals surface area (Å²) in [5.41, 5.74) is 5.45. The molecule has 0 spiro atoms. The van der Waals surface area contributed by atoms with Gasteiger partial charge in [-0.25, -0.2) is 0 Å². The van der Waals surface area contributed by atoms with Gasteiger partial charge in [-0.1, -0.05) is 19.1 Å². The topological polar surface area (TPSA) is 84.2 Å². The Labute approximate surface area is 107 Å². The minimum absolute atomic E-state index is 0.0174. The lowest BCUT2D eigenvalue weighted by Crippen LogP contribution is -2.39. The van der Waals surface area contributed by atoms with Crippen LogP contribution in [0.5, 0.6) is 0 Å². The van der Waals surface area contributed by atoms with Crippen LogP contribution in [-0.4, -0.2) is 29.4 Å². The molecule has 4 N–H and O–H groups in total. The van der Waals surface area contributed by atoms with E-state index >= 15 is 0 Å². The zero-order chi connectivity index (χ0) is 12.8. The van der Waals surface area contributed by atoms with Crippen LogP contribution in [-0.2, 0) is 9.59 Å². The second-order valence-electron chi connectivity index (χ2n) is 4.25. The van der Waals surface area contributed by atoms with Crippen molar-refractivity contribution < 1.29 is 9.59 Å². The van der Waals surface area contributed by atoms with Crippen molar-refractivity contribution in [3.05, 3.63) is 0 Å². The van der Waals surface area contributed by atoms with Gasteiger partial charge in [-0.15, -0.1) is 0 Å². The highest BCUT2D eigenvalue weighted by molar-refractivity contribution is 7.80. The van der Waals surface area contributed by atoms with Crippen molar-refractivity contribution >= 4 is 29.0 Å². The highest BCUT2D eigenvalue weighted by Crippen LogP contribution is 2.18. The van der Waals surface area contributed by atoms with E-state index in [9.17, 15) is 9.59 Å². The molecular weight excluding hydrogens is 238 g/mol. The van der Waals surface area contributed by atoms with E-state index in [-0.39, 0.29) is 16.8 Å². The Balaban J connectivity index is 2.17. The van der Waals surface area contributed by atoms with Crippen LogP contribution in [0.2, 0.25) is 0 Å². The van der Waals surface area contributed by atoms with E-state index < -0.39 is 5.92 Å². The molecule has 1 atom stereocenters. The second kappa shape index (κ2) is 6.54. The first-order valence-corrected chi connectivity index (χ1v) is 6.31. The van der Waals surface area contributed by atoms with E-state index in [0.29, 0.717) is 25.4 Å². The molecule has 1 aliphatic rings. The number of thiocarbonyl (C=S) groups is 1. The lowest BCUT2D eigenvalue weighted by Gasteiger charge is -2.13. The van der Waals surface area contributed by atoms with E-state index in [1.54, 1.807) is 0 Å². The molecular formula is C11H19N3O2S. The number of amides is 2. The normalized spacial score (nSPS) is 16.1. The van der Waals surface area contributed by atoms with Gasteiger partial charge in [0, 0.05) is 19.0 Å². The fourth-order valence-corrected chi connectivity index (χ4v) is 1.74. The van der Waals surface area contributed by atoms with E-state index in [1.165, 1.54) is 0 Å². The van der Waals surface area contributed by atoms with Crippen LogP contribution in [0.1, 0.15) is 32.6 Å². The summed E-state index contributed by atoms with van der Waals surface area (Å²) >= 11 is 4.80. The van der Waals surface area contributed by atoms with Crippen molar-refractivity contribution in [2.75, 3.05) is 6.54 Å². The number of nitrogens with two attached hydrogens (primary N) is 1. The van der Waals surface area contributed by atoms with E-state index in [0.717, 1.165) is 12.8 Å². The summed E-state index contributed by atoms with van der Waals surface area (Å²) < 4.78 is 0. The number of nitrogens with one attached hydrogen (secondary N) is 2. The molecule has 1 unspecified atom stereocenters. The molecule has 0 saturated heterocycles. The Morgan fingerprint density at radius 1 is 1.47 bits per heavy atom. The van der Waals surface area contributed by atoms with Gasteiger partial charge >= 0.3 is 0 Å². The molecule has 0 aromatic rings. The van der Waals surface area contributed by atoms with Crippen molar-refractivity contribution in [1.29, 1.82) is 0 Å². The van der Waals surface area contributed by atoms with Crippen LogP contribution in [0.25, 0.3) is 0 Å². The van der Waals surface area contributed by atoms with Gasteiger partial charge < -0.3 is 16.4 Å². The van der Waals surface area contributed by atoms with Crippen LogP contribution < -0.4 is 16.4 Å². The summed E-state index contributed by atoms with van der Waals surface area (Å²) in [6.45, 7) is 2.18. The van der Waals surface area contributed by atoms with Crippen molar-refractivity contribution in [2.24, 2.45) is 11.7 Å². The molecule has 0 radical (unpaired) electrons. The summed E-state index contributed by atoms with van der Waals surface area (Å²) in [6.07, 6.45) is 3.01. The Kier molecular flexibility index (Phi) is 5.34. The third kappa shape index (κ3) is 5.12. The quantitative estimate of drug-likeness (QED) is 0.564. The molecule has 5 nitrogen and oxygen atoms in total. The maximum absolute atomic E-state index is 11.6. The van der Waals surface area contributed by atoms with Crippen LogP contribution in [0.3, 0.4) is 0 Å². The second-order valence-corrected chi connectivity index (χ2v) is 4.72. The van der Waals surface area contributed by atoms with Gasteiger partial charge in [0.25, 0.3) is 0 Å². The van der Waals surface area contributed by atoms with E-state index in [4.69, 9.17) is 18.0 Å². The molecule has 0 aromatic heterocycles. The standard InChI is InChI=1S/C11H19N3O2S/c1-2-8(10(12)17)11(16)13-6-5-9(15)14-7-3-4-7/h7-8H,2-6H2,1H3,(H2,12,17)(H,13,16)(H,14,15). The monoisotopic (exact) mass is 257 g/mol. The molecule has 0 aromatic carbocycles. The molecule has 1 saturated carbocycles. The third-order valence-corrected chi connectivity index (χ3v) is 2.95. The first-order valence-electron chi connectivity index (χ1n) is 5.91. The molecule has 1 aliphatic carbocycles. The maximum atomic E-state index is 11.6. The highest BCUT2D eigenvalue weighted by atomic mass is 32.1. The fraction of sp³-hybridized carbons (Fsp3) is 0.727. The number of rotatable bonds is 7. The summed E-state index contributed by atoms with van der Waals surface area (Å²) in [5, 5.41) is 5.53. The minimum atomic E-state index is -0.434. The molecule has 0 bridgehead atoms. The third-order valence-electron chi connectivity index (χ3n) is 2.66. The molecule has 0 heterocycles.